The van der Waals surface area contributed by atoms with Gasteiger partial charge in [0.1, 0.15) is 0 Å². The fraction of sp³-hybridized carbons (Fsp3) is 0.917. The zero-order chi connectivity index (χ0) is 10.6. The number of hydrogen-bond acceptors (Lipinski definition) is 2. The van der Waals surface area contributed by atoms with Crippen LogP contribution in [0.3, 0.4) is 0 Å². The van der Waals surface area contributed by atoms with E-state index in [0.717, 1.165) is 13.0 Å². The average Bonchev–Trinajstić information content (AvgIpc) is 2.63. The molecule has 0 spiro atoms. The molecule has 1 heterocycles. The Balaban J connectivity index is 2.57. The number of hydrogen-bond donors (Lipinski definition) is 1. The smallest absolute Gasteiger partial charge is 0.0987 e. The van der Waals surface area contributed by atoms with Gasteiger partial charge in [-0.25, -0.2) is 0 Å². The molecule has 2 atom stereocenters. The van der Waals surface area contributed by atoms with Gasteiger partial charge >= 0.3 is 0 Å². The van der Waals surface area contributed by atoms with Gasteiger partial charge in [-0.2, -0.15) is 5.26 Å². The summed E-state index contributed by atoms with van der Waals surface area (Å²) < 4.78 is 0. The normalized spacial score (nSPS) is 27.6. The van der Waals surface area contributed by atoms with Crippen molar-refractivity contribution in [2.24, 2.45) is 11.3 Å². The van der Waals surface area contributed by atoms with Crippen LogP contribution in [0.25, 0.3) is 0 Å². The van der Waals surface area contributed by atoms with Gasteiger partial charge in [-0.1, -0.05) is 33.6 Å². The van der Waals surface area contributed by atoms with Crippen LogP contribution >= 0.6 is 0 Å². The third-order valence-corrected chi connectivity index (χ3v) is 3.54. The van der Waals surface area contributed by atoms with E-state index in [1.54, 1.807) is 0 Å². The first-order valence-electron chi connectivity index (χ1n) is 5.75. The van der Waals surface area contributed by atoms with E-state index in [-0.39, 0.29) is 6.04 Å². The van der Waals surface area contributed by atoms with Crippen molar-refractivity contribution in [2.45, 2.75) is 52.5 Å². The maximum Gasteiger partial charge on any atom is 0.0987 e. The van der Waals surface area contributed by atoms with Crippen LogP contribution < -0.4 is 5.32 Å². The van der Waals surface area contributed by atoms with Crippen LogP contribution in [0.1, 0.15) is 46.5 Å². The van der Waals surface area contributed by atoms with E-state index in [4.69, 9.17) is 5.26 Å². The van der Waals surface area contributed by atoms with Gasteiger partial charge in [0, 0.05) is 0 Å². The molecule has 2 unspecified atom stereocenters. The first-order valence-corrected chi connectivity index (χ1v) is 5.75. The molecule has 0 aliphatic carbocycles. The molecule has 14 heavy (non-hydrogen) atoms. The van der Waals surface area contributed by atoms with Crippen LogP contribution in [-0.2, 0) is 0 Å². The van der Waals surface area contributed by atoms with E-state index in [2.05, 4.69) is 32.2 Å². The minimum Gasteiger partial charge on any atom is -0.302 e. The maximum absolute atomic E-state index is 9.01. The fourth-order valence-corrected chi connectivity index (χ4v) is 2.50. The summed E-state index contributed by atoms with van der Waals surface area (Å²) in [5.41, 5.74) is 0.319. The monoisotopic (exact) mass is 194 g/mol. The molecule has 80 valence electrons. The summed E-state index contributed by atoms with van der Waals surface area (Å²) in [6.45, 7) is 7.86. The molecule has 2 nitrogen and oxygen atoms in total. The molecule has 0 radical (unpaired) electrons. The van der Waals surface area contributed by atoms with E-state index in [0.29, 0.717) is 11.3 Å². The largest absolute Gasteiger partial charge is 0.302 e. The molecule has 1 saturated heterocycles. The van der Waals surface area contributed by atoms with Gasteiger partial charge in [-0.15, -0.1) is 0 Å². The second kappa shape index (κ2) is 4.79. The van der Waals surface area contributed by atoms with Crippen molar-refractivity contribution < 1.29 is 0 Å². The number of nitrogens with one attached hydrogen (secondary N) is 1. The predicted molar refractivity (Wildman–Crippen MR) is 58.8 cm³/mol. The summed E-state index contributed by atoms with van der Waals surface area (Å²) in [7, 11) is 0. The Labute approximate surface area is 87.7 Å². The lowest BCUT2D eigenvalue weighted by Gasteiger charge is -2.33. The molecule has 2 heteroatoms. The number of rotatable bonds is 4. The lowest BCUT2D eigenvalue weighted by atomic mass is 9.72. The van der Waals surface area contributed by atoms with E-state index < -0.39 is 0 Å². The Morgan fingerprint density at radius 2 is 2.21 bits per heavy atom. The Hall–Kier alpha value is -0.550. The maximum atomic E-state index is 9.01. The average molecular weight is 194 g/mol. The molecule has 1 aliphatic heterocycles. The van der Waals surface area contributed by atoms with Crippen molar-refractivity contribution in [3.63, 3.8) is 0 Å². The topological polar surface area (TPSA) is 35.8 Å². The fourth-order valence-electron chi connectivity index (χ4n) is 2.50. The van der Waals surface area contributed by atoms with Gasteiger partial charge in [0.2, 0.25) is 0 Å². The Bertz CT molecular complexity index is 215. The summed E-state index contributed by atoms with van der Waals surface area (Å²) in [5, 5.41) is 12.3. The van der Waals surface area contributed by atoms with E-state index in [1.807, 2.05) is 0 Å². The third-order valence-electron chi connectivity index (χ3n) is 3.54. The first-order chi connectivity index (χ1) is 6.61. The highest BCUT2D eigenvalue weighted by molar-refractivity contribution is 5.03. The van der Waals surface area contributed by atoms with E-state index >= 15 is 0 Å². The van der Waals surface area contributed by atoms with E-state index in [9.17, 15) is 0 Å². The van der Waals surface area contributed by atoms with Gasteiger partial charge in [-0.05, 0) is 30.7 Å². The van der Waals surface area contributed by atoms with Crippen molar-refractivity contribution in [2.75, 3.05) is 6.54 Å². The molecule has 0 aromatic heterocycles. The van der Waals surface area contributed by atoms with Gasteiger partial charge in [0.25, 0.3) is 0 Å². The van der Waals surface area contributed by atoms with Gasteiger partial charge in [-0.3, -0.25) is 0 Å². The molecule has 1 rings (SSSR count). The molecule has 1 aliphatic rings. The van der Waals surface area contributed by atoms with Crippen molar-refractivity contribution in [3.05, 3.63) is 0 Å². The van der Waals surface area contributed by atoms with Crippen molar-refractivity contribution >= 4 is 0 Å². The number of nitrogens with zero attached hydrogens (tertiary/aromatic N) is 1. The summed E-state index contributed by atoms with van der Waals surface area (Å²) in [6, 6.07) is 2.47. The second-order valence-corrected chi connectivity index (χ2v) is 5.05. The standard InChI is InChI=1S/C12H22N2/c1-4-5-7-12(2,3)10-6-8-14-11(10)9-13/h10-11,14H,4-8H2,1-3H3. The highest BCUT2D eigenvalue weighted by Crippen LogP contribution is 2.38. The summed E-state index contributed by atoms with van der Waals surface area (Å²) >= 11 is 0. The zero-order valence-corrected chi connectivity index (χ0v) is 9.64. The molecule has 0 aromatic carbocycles. The summed E-state index contributed by atoms with van der Waals surface area (Å²) in [4.78, 5) is 0. The molecular formula is C12H22N2. The third kappa shape index (κ3) is 2.48. The summed E-state index contributed by atoms with van der Waals surface area (Å²) in [6.07, 6.45) is 4.94. The van der Waals surface area contributed by atoms with Crippen LogP contribution in [0.2, 0.25) is 0 Å². The Morgan fingerprint density at radius 1 is 1.50 bits per heavy atom. The quantitative estimate of drug-likeness (QED) is 0.747. The van der Waals surface area contributed by atoms with Crippen LogP contribution in [-0.4, -0.2) is 12.6 Å². The number of nitriles is 1. The van der Waals surface area contributed by atoms with Crippen LogP contribution in [0.4, 0.5) is 0 Å². The van der Waals surface area contributed by atoms with Crippen molar-refractivity contribution in [1.29, 1.82) is 5.26 Å². The molecule has 1 N–H and O–H groups in total. The lowest BCUT2D eigenvalue weighted by Crippen LogP contribution is -2.34. The van der Waals surface area contributed by atoms with Gasteiger partial charge < -0.3 is 5.32 Å². The SMILES string of the molecule is CCCCC(C)(C)C1CCNC1C#N. The highest BCUT2D eigenvalue weighted by atomic mass is 15.0. The minimum atomic E-state index is 0.0851. The minimum absolute atomic E-state index is 0.0851. The van der Waals surface area contributed by atoms with Crippen LogP contribution in [0.15, 0.2) is 0 Å². The van der Waals surface area contributed by atoms with E-state index in [1.165, 1.54) is 19.3 Å². The Kier molecular flexibility index (Phi) is 3.95. The van der Waals surface area contributed by atoms with Gasteiger partial charge in [0.05, 0.1) is 12.1 Å². The molecule has 0 amide bonds. The first kappa shape index (κ1) is 11.5. The van der Waals surface area contributed by atoms with Crippen LogP contribution in [0.5, 0.6) is 0 Å². The lowest BCUT2D eigenvalue weighted by molar-refractivity contribution is 0.188. The highest BCUT2D eigenvalue weighted by Gasteiger charge is 2.38. The Morgan fingerprint density at radius 3 is 2.79 bits per heavy atom. The predicted octanol–water partition coefficient (Wildman–Crippen LogP) is 2.70. The van der Waals surface area contributed by atoms with Crippen LogP contribution in [0, 0.1) is 22.7 Å². The molecule has 1 fully saturated rings. The van der Waals surface area contributed by atoms with Gasteiger partial charge in [0.15, 0.2) is 0 Å². The molecule has 0 bridgehead atoms. The zero-order valence-electron chi connectivity index (χ0n) is 9.64. The summed E-state index contributed by atoms with van der Waals surface area (Å²) in [5.74, 6) is 0.541. The molecule has 0 saturated carbocycles. The second-order valence-electron chi connectivity index (χ2n) is 5.05. The molecular weight excluding hydrogens is 172 g/mol. The van der Waals surface area contributed by atoms with Crippen molar-refractivity contribution in [3.8, 4) is 6.07 Å². The molecule has 0 aromatic rings. The number of unbranched alkanes of at least 4 members (excludes halogenated alkanes) is 1. The van der Waals surface area contributed by atoms with Crippen molar-refractivity contribution in [1.82, 2.24) is 5.32 Å².